The number of piperidine rings is 2. The van der Waals surface area contributed by atoms with Gasteiger partial charge in [-0.25, -0.2) is 0 Å². The number of nitrogens with zero attached hydrogens (tertiary/aromatic N) is 7. The Kier molecular flexibility index (Phi) is 10.2. The first-order valence-electron chi connectivity index (χ1n) is 19.4. The Labute approximate surface area is 317 Å². The highest BCUT2D eigenvalue weighted by molar-refractivity contribution is 5.93. The van der Waals surface area contributed by atoms with Crippen LogP contribution in [-0.2, 0) is 22.7 Å². The Morgan fingerprint density at radius 3 is 1.85 bits per heavy atom. The molecule has 3 aromatic heterocycles. The topological polar surface area (TPSA) is 192 Å². The number of para-hydroxylation sites is 1. The van der Waals surface area contributed by atoms with Crippen molar-refractivity contribution >= 4 is 23.8 Å². The molecule has 17 heteroatoms. The van der Waals surface area contributed by atoms with E-state index in [0.717, 1.165) is 100 Å². The summed E-state index contributed by atoms with van der Waals surface area (Å²) in [6, 6.07) is 7.57. The van der Waals surface area contributed by atoms with Crippen molar-refractivity contribution in [3.05, 3.63) is 53.5 Å². The monoisotopic (exact) mass is 755 g/mol. The Morgan fingerprint density at radius 2 is 1.24 bits per heavy atom. The number of pyridine rings is 1. The standard InChI is InChI=1S/C20H24N4O4.C18H21N5O4/c25-18(21-20-23-22-19(28-20)13-5-3-6-13)15-8-1-2-10-24(15)11-14-7-4-9-16-17(14)27-12-26-16;24-16(20-18-22-21-17(27-18)11-4-5-11)13-3-1-2-8-23(13)9-12-15-14(6-7-19-12)25-10-26-15/h4,7,9,13,15H,1-3,5-6,8,10-12H2,(H,21,23,25);6-7,11,13H,1-5,8-10H2,(H,20,22,24). The lowest BCUT2D eigenvalue weighted by molar-refractivity contribution is -0.123. The lowest BCUT2D eigenvalue weighted by Gasteiger charge is -2.34. The van der Waals surface area contributed by atoms with E-state index in [0.29, 0.717) is 48.2 Å². The van der Waals surface area contributed by atoms with Crippen LogP contribution in [0.4, 0.5) is 12.0 Å². The Morgan fingerprint density at radius 1 is 0.636 bits per heavy atom. The van der Waals surface area contributed by atoms with Crippen molar-refractivity contribution in [3.63, 3.8) is 0 Å². The van der Waals surface area contributed by atoms with Gasteiger partial charge in [0.25, 0.3) is 0 Å². The third-order valence-corrected chi connectivity index (χ3v) is 11.1. The largest absolute Gasteiger partial charge is 0.454 e. The van der Waals surface area contributed by atoms with Gasteiger partial charge in [0.05, 0.1) is 12.1 Å². The van der Waals surface area contributed by atoms with Gasteiger partial charge in [0.15, 0.2) is 23.0 Å². The molecule has 4 fully saturated rings. The lowest BCUT2D eigenvalue weighted by atomic mass is 9.85. The van der Waals surface area contributed by atoms with E-state index in [1.54, 1.807) is 12.3 Å². The molecular formula is C38H45N9O8. The van der Waals surface area contributed by atoms with E-state index in [1.165, 1.54) is 6.42 Å². The number of fused-ring (bicyclic) bond motifs is 2. The van der Waals surface area contributed by atoms with Crippen LogP contribution >= 0.6 is 0 Å². The molecule has 10 rings (SSSR count). The van der Waals surface area contributed by atoms with Gasteiger partial charge in [-0.1, -0.05) is 41.6 Å². The first-order chi connectivity index (χ1) is 27.1. The van der Waals surface area contributed by atoms with Gasteiger partial charge in [-0.05, 0) is 70.5 Å². The van der Waals surface area contributed by atoms with Crippen molar-refractivity contribution in [3.8, 4) is 23.0 Å². The van der Waals surface area contributed by atoms with E-state index in [-0.39, 0.29) is 49.5 Å². The number of rotatable bonds is 10. The summed E-state index contributed by atoms with van der Waals surface area (Å²) >= 11 is 0. The van der Waals surface area contributed by atoms with Gasteiger partial charge in [-0.3, -0.25) is 35.0 Å². The summed E-state index contributed by atoms with van der Waals surface area (Å²) in [5.74, 6) is 4.70. The number of aromatic nitrogens is 5. The quantitative estimate of drug-likeness (QED) is 0.216. The minimum absolute atomic E-state index is 0.0896. The molecule has 2 saturated heterocycles. The van der Waals surface area contributed by atoms with Gasteiger partial charge in [0.1, 0.15) is 5.69 Å². The molecule has 55 heavy (non-hydrogen) atoms. The van der Waals surface area contributed by atoms with Crippen molar-refractivity contribution in [2.45, 2.75) is 108 Å². The zero-order valence-corrected chi connectivity index (χ0v) is 30.6. The van der Waals surface area contributed by atoms with Crippen LogP contribution in [0.25, 0.3) is 0 Å². The highest BCUT2D eigenvalue weighted by Crippen LogP contribution is 2.40. The molecule has 2 aliphatic carbocycles. The molecule has 1 aromatic carbocycles. The van der Waals surface area contributed by atoms with Crippen LogP contribution in [0.5, 0.6) is 23.0 Å². The summed E-state index contributed by atoms with van der Waals surface area (Å²) < 4.78 is 33.3. The summed E-state index contributed by atoms with van der Waals surface area (Å²) in [4.78, 5) is 34.5. The van der Waals surface area contributed by atoms with E-state index < -0.39 is 0 Å². The number of benzene rings is 1. The number of hydrogen-bond acceptors (Lipinski definition) is 15. The van der Waals surface area contributed by atoms with Crippen LogP contribution in [0.3, 0.4) is 0 Å². The van der Waals surface area contributed by atoms with Crippen molar-refractivity contribution < 1.29 is 37.4 Å². The van der Waals surface area contributed by atoms with Crippen LogP contribution < -0.4 is 29.6 Å². The first-order valence-corrected chi connectivity index (χ1v) is 19.4. The number of carbonyl (C=O) groups is 2. The van der Waals surface area contributed by atoms with Gasteiger partial charge in [0.2, 0.25) is 37.2 Å². The third kappa shape index (κ3) is 7.94. The zero-order chi connectivity index (χ0) is 37.1. The van der Waals surface area contributed by atoms with E-state index in [2.05, 4.69) is 45.8 Å². The van der Waals surface area contributed by atoms with Crippen LogP contribution in [0, 0.1) is 0 Å². The van der Waals surface area contributed by atoms with Crippen LogP contribution in [0.1, 0.15) is 106 Å². The Hall–Kier alpha value is -5.29. The smallest absolute Gasteiger partial charge is 0.322 e. The van der Waals surface area contributed by atoms with E-state index >= 15 is 0 Å². The SMILES string of the molecule is O=C(Nc1nnc(C2CC2)o1)C1CCCCN1Cc1nccc2c1OCO2.O=C(Nc1nnc(C2CCC2)o1)C1CCCCN1Cc1cccc2c1OCO2. The maximum absolute atomic E-state index is 12.9. The fourth-order valence-corrected chi connectivity index (χ4v) is 7.75. The van der Waals surface area contributed by atoms with Crippen molar-refractivity contribution in [2.75, 3.05) is 37.3 Å². The molecule has 2 unspecified atom stereocenters. The molecule has 0 bridgehead atoms. The molecule has 2 atom stereocenters. The fraction of sp³-hybridized carbons (Fsp3) is 0.553. The lowest BCUT2D eigenvalue weighted by Crippen LogP contribution is -2.46. The van der Waals surface area contributed by atoms with Crippen molar-refractivity contribution in [2.24, 2.45) is 0 Å². The molecule has 2 saturated carbocycles. The summed E-state index contributed by atoms with van der Waals surface area (Å²) in [6.07, 6.45) is 13.0. The molecule has 2 amide bonds. The summed E-state index contributed by atoms with van der Waals surface area (Å²) in [5.41, 5.74) is 1.83. The summed E-state index contributed by atoms with van der Waals surface area (Å²) in [5, 5.41) is 21.7. The Balaban J connectivity index is 0.000000144. The van der Waals surface area contributed by atoms with Gasteiger partial charge in [-0.2, -0.15) is 0 Å². The highest BCUT2D eigenvalue weighted by Gasteiger charge is 2.35. The molecule has 0 spiro atoms. The second-order valence-electron chi connectivity index (χ2n) is 14.9. The number of hydrogen-bond donors (Lipinski definition) is 2. The minimum atomic E-state index is -0.269. The van der Waals surface area contributed by atoms with Gasteiger partial charge >= 0.3 is 12.0 Å². The van der Waals surface area contributed by atoms with Crippen LogP contribution in [-0.4, -0.2) is 85.8 Å². The highest BCUT2D eigenvalue weighted by atomic mass is 16.7. The van der Waals surface area contributed by atoms with E-state index in [9.17, 15) is 9.59 Å². The molecule has 4 aliphatic heterocycles. The number of amides is 2. The fourth-order valence-electron chi connectivity index (χ4n) is 7.75. The third-order valence-electron chi connectivity index (χ3n) is 11.1. The second kappa shape index (κ2) is 15.8. The number of likely N-dealkylation sites (tertiary alicyclic amines) is 2. The number of carbonyl (C=O) groups excluding carboxylic acids is 2. The molecule has 7 heterocycles. The average molecular weight is 756 g/mol. The number of anilines is 2. The summed E-state index contributed by atoms with van der Waals surface area (Å²) in [6.45, 7) is 3.31. The van der Waals surface area contributed by atoms with Crippen LogP contribution in [0.2, 0.25) is 0 Å². The number of ether oxygens (including phenoxy) is 4. The predicted molar refractivity (Wildman–Crippen MR) is 193 cm³/mol. The van der Waals surface area contributed by atoms with Gasteiger partial charge in [0, 0.05) is 42.8 Å². The van der Waals surface area contributed by atoms with E-state index in [1.807, 2.05) is 18.2 Å². The van der Waals surface area contributed by atoms with Gasteiger partial charge < -0.3 is 27.8 Å². The van der Waals surface area contributed by atoms with Crippen molar-refractivity contribution in [1.82, 2.24) is 35.2 Å². The van der Waals surface area contributed by atoms with Crippen LogP contribution in [0.15, 0.2) is 39.3 Å². The van der Waals surface area contributed by atoms with Crippen molar-refractivity contribution in [1.29, 1.82) is 0 Å². The maximum atomic E-state index is 12.9. The minimum Gasteiger partial charge on any atom is -0.454 e. The predicted octanol–water partition coefficient (Wildman–Crippen LogP) is 5.12. The normalized spacial score (nSPS) is 22.0. The molecule has 6 aliphatic rings. The van der Waals surface area contributed by atoms with Gasteiger partial charge in [-0.15, -0.1) is 10.2 Å². The maximum Gasteiger partial charge on any atom is 0.322 e. The van der Waals surface area contributed by atoms with E-state index in [4.69, 9.17) is 27.8 Å². The molecule has 290 valence electrons. The molecule has 4 aromatic rings. The Bertz CT molecular complexity index is 2000. The zero-order valence-electron chi connectivity index (χ0n) is 30.6. The first kappa shape index (κ1) is 35.4. The number of nitrogens with one attached hydrogen (secondary N) is 2. The molecule has 17 nitrogen and oxygen atoms in total. The molecule has 2 N–H and O–H groups in total. The second-order valence-corrected chi connectivity index (χ2v) is 14.9. The molecule has 0 radical (unpaired) electrons. The molecular weight excluding hydrogens is 710 g/mol. The summed E-state index contributed by atoms with van der Waals surface area (Å²) in [7, 11) is 0. The average Bonchev–Trinajstić information content (AvgIpc) is 3.60.